The van der Waals surface area contributed by atoms with E-state index in [0.717, 1.165) is 31.2 Å². The molecule has 0 spiro atoms. The van der Waals surface area contributed by atoms with Crippen LogP contribution >= 0.6 is 7.37 Å². The zero-order chi connectivity index (χ0) is 18.1. The molecule has 1 unspecified atom stereocenters. The predicted molar refractivity (Wildman–Crippen MR) is 96.8 cm³/mol. The summed E-state index contributed by atoms with van der Waals surface area (Å²) in [5.74, 6) is 0.278. The highest BCUT2D eigenvalue weighted by Gasteiger charge is 2.28. The van der Waals surface area contributed by atoms with Gasteiger partial charge in [-0.05, 0) is 24.3 Å². The standard InChI is InChI=1S/C18H28NO5P/c20-17(14-25(22,23)13-16-9-5-2-6-10-16)11-19-18(21)24-12-15-7-3-1-4-8-15/h1,3-4,7-8,16-17,20H,2,5-6,9-14H2,(H,19,21)(H,22,23)/t17-/m1/s1. The minimum absolute atomic E-state index is 0.0944. The number of nitrogens with one attached hydrogen (secondary N) is 1. The summed E-state index contributed by atoms with van der Waals surface area (Å²) in [6.07, 6.45) is 3.78. The van der Waals surface area contributed by atoms with Gasteiger partial charge >= 0.3 is 6.09 Å². The molecule has 1 aliphatic rings. The van der Waals surface area contributed by atoms with Crippen molar-refractivity contribution in [2.24, 2.45) is 5.92 Å². The number of carbonyl (C=O) groups is 1. The minimum Gasteiger partial charge on any atom is -0.445 e. The summed E-state index contributed by atoms with van der Waals surface area (Å²) in [6.45, 7) is 0.0474. The van der Waals surface area contributed by atoms with Crippen molar-refractivity contribution in [3.05, 3.63) is 35.9 Å². The van der Waals surface area contributed by atoms with E-state index in [1.807, 2.05) is 30.3 Å². The first-order valence-corrected chi connectivity index (χ1v) is 10.9. The fourth-order valence-corrected chi connectivity index (χ4v) is 5.33. The van der Waals surface area contributed by atoms with Gasteiger partial charge < -0.3 is 20.1 Å². The van der Waals surface area contributed by atoms with Crippen LogP contribution in [-0.4, -0.2) is 41.1 Å². The monoisotopic (exact) mass is 369 g/mol. The largest absolute Gasteiger partial charge is 0.445 e. The lowest BCUT2D eigenvalue weighted by molar-refractivity contribution is 0.129. The van der Waals surface area contributed by atoms with Crippen LogP contribution < -0.4 is 5.32 Å². The summed E-state index contributed by atoms with van der Waals surface area (Å²) < 4.78 is 17.3. The third-order valence-corrected chi connectivity index (χ3v) is 6.54. The van der Waals surface area contributed by atoms with Crippen LogP contribution in [0, 0.1) is 5.92 Å². The van der Waals surface area contributed by atoms with E-state index in [1.54, 1.807) is 0 Å². The average Bonchev–Trinajstić information content (AvgIpc) is 2.59. The van der Waals surface area contributed by atoms with E-state index < -0.39 is 19.6 Å². The summed E-state index contributed by atoms with van der Waals surface area (Å²) >= 11 is 0. The van der Waals surface area contributed by atoms with Crippen molar-refractivity contribution in [1.29, 1.82) is 0 Å². The fourth-order valence-electron chi connectivity index (χ4n) is 3.22. The highest BCUT2D eigenvalue weighted by Crippen LogP contribution is 2.45. The van der Waals surface area contributed by atoms with Gasteiger partial charge in [0.05, 0.1) is 12.3 Å². The zero-order valence-electron chi connectivity index (χ0n) is 14.5. The smallest absolute Gasteiger partial charge is 0.407 e. The van der Waals surface area contributed by atoms with Crippen molar-refractivity contribution in [3.8, 4) is 0 Å². The van der Waals surface area contributed by atoms with Gasteiger partial charge in [0.15, 0.2) is 0 Å². The fraction of sp³-hybridized carbons (Fsp3) is 0.611. The normalized spacial score (nSPS) is 19.0. The Hall–Kier alpha value is -1.36. The van der Waals surface area contributed by atoms with Crippen molar-refractivity contribution in [1.82, 2.24) is 5.32 Å². The van der Waals surface area contributed by atoms with Crippen molar-refractivity contribution in [3.63, 3.8) is 0 Å². The molecule has 0 radical (unpaired) electrons. The van der Waals surface area contributed by atoms with Crippen molar-refractivity contribution < 1.29 is 24.1 Å². The molecule has 1 aromatic rings. The molecule has 140 valence electrons. The van der Waals surface area contributed by atoms with Gasteiger partial charge in [-0.15, -0.1) is 0 Å². The topological polar surface area (TPSA) is 95.9 Å². The van der Waals surface area contributed by atoms with E-state index in [-0.39, 0.29) is 31.4 Å². The molecule has 7 heteroatoms. The average molecular weight is 369 g/mol. The Kier molecular flexibility index (Phi) is 7.94. The Morgan fingerprint density at radius 2 is 1.92 bits per heavy atom. The molecule has 1 fully saturated rings. The van der Waals surface area contributed by atoms with Crippen LogP contribution in [-0.2, 0) is 15.9 Å². The molecule has 6 nitrogen and oxygen atoms in total. The zero-order valence-corrected chi connectivity index (χ0v) is 15.4. The van der Waals surface area contributed by atoms with Crippen molar-refractivity contribution in [2.75, 3.05) is 18.9 Å². The molecule has 2 rings (SSSR count). The summed E-state index contributed by atoms with van der Waals surface area (Å²) in [6, 6.07) is 9.27. The molecule has 1 aliphatic carbocycles. The lowest BCUT2D eigenvalue weighted by Crippen LogP contribution is -2.34. The SMILES string of the molecule is O=C(NC[C@@H](O)CP(=O)(O)CC1CCCCC1)OCc1ccccc1. The summed E-state index contributed by atoms with van der Waals surface area (Å²) in [5.41, 5.74) is 0.866. The summed E-state index contributed by atoms with van der Waals surface area (Å²) in [5, 5.41) is 12.4. The van der Waals surface area contributed by atoms with E-state index >= 15 is 0 Å². The molecule has 0 heterocycles. The highest BCUT2D eigenvalue weighted by molar-refractivity contribution is 7.58. The second kappa shape index (κ2) is 9.95. The van der Waals surface area contributed by atoms with Crippen LogP contribution in [0.2, 0.25) is 0 Å². The Balaban J connectivity index is 1.65. The molecule has 1 amide bonds. The lowest BCUT2D eigenvalue weighted by atomic mass is 9.91. The van der Waals surface area contributed by atoms with Crippen LogP contribution in [0.4, 0.5) is 4.79 Å². The Bertz CT molecular complexity index is 574. The molecule has 0 aliphatic heterocycles. The van der Waals surface area contributed by atoms with E-state index in [4.69, 9.17) is 4.74 Å². The molecule has 1 aromatic carbocycles. The number of hydrogen-bond acceptors (Lipinski definition) is 4. The second-order valence-electron chi connectivity index (χ2n) is 6.81. The Labute approximate surface area is 149 Å². The number of aliphatic hydroxyl groups excluding tert-OH is 1. The van der Waals surface area contributed by atoms with Crippen molar-refractivity contribution >= 4 is 13.5 Å². The van der Waals surface area contributed by atoms with Gasteiger partial charge in [-0.25, -0.2) is 4.79 Å². The quantitative estimate of drug-likeness (QED) is 0.612. The van der Waals surface area contributed by atoms with E-state index in [1.165, 1.54) is 6.42 Å². The third-order valence-electron chi connectivity index (χ3n) is 4.46. The number of ether oxygens (including phenoxy) is 1. The van der Waals surface area contributed by atoms with Gasteiger partial charge in [-0.1, -0.05) is 49.6 Å². The minimum atomic E-state index is -3.38. The molecular formula is C18H28NO5P. The van der Waals surface area contributed by atoms with Crippen LogP contribution in [0.1, 0.15) is 37.7 Å². The molecule has 3 N–H and O–H groups in total. The molecular weight excluding hydrogens is 341 g/mol. The molecule has 0 saturated heterocycles. The predicted octanol–water partition coefficient (Wildman–Crippen LogP) is 3.12. The number of carbonyl (C=O) groups excluding carboxylic acids is 1. The molecule has 0 bridgehead atoms. The first-order chi connectivity index (χ1) is 11.9. The summed E-state index contributed by atoms with van der Waals surface area (Å²) in [7, 11) is -3.38. The number of benzene rings is 1. The van der Waals surface area contributed by atoms with Crippen LogP contribution in [0.25, 0.3) is 0 Å². The van der Waals surface area contributed by atoms with Crippen molar-refractivity contribution in [2.45, 2.75) is 44.8 Å². The second-order valence-corrected chi connectivity index (χ2v) is 9.23. The first-order valence-electron chi connectivity index (χ1n) is 8.88. The van der Waals surface area contributed by atoms with E-state index in [2.05, 4.69) is 5.32 Å². The molecule has 0 aromatic heterocycles. The third kappa shape index (κ3) is 8.04. The van der Waals surface area contributed by atoms with Crippen LogP contribution in [0.15, 0.2) is 30.3 Å². The summed E-state index contributed by atoms with van der Waals surface area (Å²) in [4.78, 5) is 21.7. The van der Waals surface area contributed by atoms with Gasteiger partial charge in [0, 0.05) is 12.7 Å². The maximum absolute atomic E-state index is 12.3. The lowest BCUT2D eigenvalue weighted by Gasteiger charge is -2.25. The first kappa shape index (κ1) is 20.0. The molecule has 2 atom stereocenters. The number of alkyl carbamates (subject to hydrolysis) is 1. The molecule has 25 heavy (non-hydrogen) atoms. The van der Waals surface area contributed by atoms with Crippen LogP contribution in [0.3, 0.4) is 0 Å². The van der Waals surface area contributed by atoms with Gasteiger partial charge in [0.1, 0.15) is 6.61 Å². The highest BCUT2D eigenvalue weighted by atomic mass is 31.2. The number of rotatable bonds is 8. The van der Waals surface area contributed by atoms with E-state index in [9.17, 15) is 19.4 Å². The van der Waals surface area contributed by atoms with Gasteiger partial charge in [-0.3, -0.25) is 4.57 Å². The van der Waals surface area contributed by atoms with Gasteiger partial charge in [0.25, 0.3) is 0 Å². The number of amides is 1. The van der Waals surface area contributed by atoms with Crippen LogP contribution in [0.5, 0.6) is 0 Å². The Morgan fingerprint density at radius 3 is 2.60 bits per heavy atom. The number of aliphatic hydroxyl groups is 1. The maximum atomic E-state index is 12.3. The Morgan fingerprint density at radius 1 is 1.24 bits per heavy atom. The maximum Gasteiger partial charge on any atom is 0.407 e. The van der Waals surface area contributed by atoms with Gasteiger partial charge in [-0.2, -0.15) is 0 Å². The van der Waals surface area contributed by atoms with Gasteiger partial charge in [0.2, 0.25) is 7.37 Å². The molecule has 1 saturated carbocycles. The van der Waals surface area contributed by atoms with E-state index in [0.29, 0.717) is 0 Å². The number of hydrogen-bond donors (Lipinski definition) is 3.